The molecule has 0 saturated carbocycles. The van der Waals surface area contributed by atoms with Crippen LogP contribution in [0.15, 0.2) is 36.4 Å². The van der Waals surface area contributed by atoms with Crippen molar-refractivity contribution in [3.8, 4) is 0 Å². The standard InChI is InChI=1S/C15H21ClN2/c16-8-10-18-13-11-17(12-14-18)9-4-7-15-5-2-1-3-6-15/h1-7H,8-14H2. The van der Waals surface area contributed by atoms with Crippen molar-refractivity contribution in [2.45, 2.75) is 0 Å². The van der Waals surface area contributed by atoms with Gasteiger partial charge in [0.1, 0.15) is 0 Å². The first-order chi connectivity index (χ1) is 8.88. The summed E-state index contributed by atoms with van der Waals surface area (Å²) in [5.41, 5.74) is 1.28. The van der Waals surface area contributed by atoms with E-state index in [4.69, 9.17) is 11.6 Å². The van der Waals surface area contributed by atoms with Crippen LogP contribution >= 0.6 is 11.6 Å². The predicted molar refractivity (Wildman–Crippen MR) is 79.1 cm³/mol. The monoisotopic (exact) mass is 264 g/mol. The number of halogens is 1. The highest BCUT2D eigenvalue weighted by atomic mass is 35.5. The van der Waals surface area contributed by atoms with Crippen molar-refractivity contribution in [3.63, 3.8) is 0 Å². The molecule has 3 heteroatoms. The van der Waals surface area contributed by atoms with E-state index in [0.717, 1.165) is 45.1 Å². The summed E-state index contributed by atoms with van der Waals surface area (Å²) >= 11 is 5.76. The Bertz CT molecular complexity index is 356. The number of benzene rings is 1. The van der Waals surface area contributed by atoms with Crippen LogP contribution in [0.2, 0.25) is 0 Å². The second kappa shape index (κ2) is 7.57. The Morgan fingerprint density at radius 3 is 2.33 bits per heavy atom. The molecule has 0 bridgehead atoms. The van der Waals surface area contributed by atoms with Crippen LogP contribution in [0.5, 0.6) is 0 Å². The van der Waals surface area contributed by atoms with E-state index in [9.17, 15) is 0 Å². The van der Waals surface area contributed by atoms with E-state index in [1.807, 2.05) is 6.07 Å². The molecule has 0 N–H and O–H groups in total. The van der Waals surface area contributed by atoms with Crippen molar-refractivity contribution >= 4 is 17.7 Å². The van der Waals surface area contributed by atoms with Crippen molar-refractivity contribution in [1.82, 2.24) is 9.80 Å². The molecule has 0 radical (unpaired) electrons. The average Bonchev–Trinajstić information content (AvgIpc) is 2.42. The van der Waals surface area contributed by atoms with Gasteiger partial charge in [-0.1, -0.05) is 42.5 Å². The van der Waals surface area contributed by atoms with Crippen LogP contribution in [0.25, 0.3) is 6.08 Å². The Morgan fingerprint density at radius 2 is 1.67 bits per heavy atom. The summed E-state index contributed by atoms with van der Waals surface area (Å²) in [4.78, 5) is 4.93. The quantitative estimate of drug-likeness (QED) is 0.755. The highest BCUT2D eigenvalue weighted by Gasteiger charge is 2.14. The molecule has 0 atom stereocenters. The van der Waals surface area contributed by atoms with E-state index >= 15 is 0 Å². The van der Waals surface area contributed by atoms with Crippen LogP contribution in [0.1, 0.15) is 5.56 Å². The summed E-state index contributed by atoms with van der Waals surface area (Å²) in [7, 11) is 0. The second-order valence-electron chi connectivity index (χ2n) is 4.64. The fourth-order valence-corrected chi connectivity index (χ4v) is 2.46. The van der Waals surface area contributed by atoms with Gasteiger partial charge in [-0.15, -0.1) is 11.6 Å². The van der Waals surface area contributed by atoms with Gasteiger partial charge < -0.3 is 0 Å². The summed E-state index contributed by atoms with van der Waals surface area (Å²) < 4.78 is 0. The summed E-state index contributed by atoms with van der Waals surface area (Å²) in [6.07, 6.45) is 4.46. The fourth-order valence-electron chi connectivity index (χ4n) is 2.22. The highest BCUT2D eigenvalue weighted by molar-refractivity contribution is 6.18. The first-order valence-electron chi connectivity index (χ1n) is 6.61. The van der Waals surface area contributed by atoms with Gasteiger partial charge in [-0.3, -0.25) is 9.80 Å². The molecule has 0 amide bonds. The summed E-state index contributed by atoms with van der Waals surface area (Å²) in [6.45, 7) is 6.66. The van der Waals surface area contributed by atoms with E-state index in [-0.39, 0.29) is 0 Å². The van der Waals surface area contributed by atoms with E-state index < -0.39 is 0 Å². The minimum Gasteiger partial charge on any atom is -0.300 e. The normalized spacial score (nSPS) is 18.5. The zero-order chi connectivity index (χ0) is 12.6. The van der Waals surface area contributed by atoms with Crippen LogP contribution < -0.4 is 0 Å². The highest BCUT2D eigenvalue weighted by Crippen LogP contribution is 2.04. The molecular formula is C15H21ClN2. The van der Waals surface area contributed by atoms with Crippen molar-refractivity contribution in [2.24, 2.45) is 0 Å². The van der Waals surface area contributed by atoms with Gasteiger partial charge in [0.25, 0.3) is 0 Å². The average molecular weight is 265 g/mol. The van der Waals surface area contributed by atoms with Crippen LogP contribution in [-0.2, 0) is 0 Å². The molecular weight excluding hydrogens is 244 g/mol. The molecule has 2 nitrogen and oxygen atoms in total. The molecule has 1 aromatic carbocycles. The number of piperazine rings is 1. The van der Waals surface area contributed by atoms with Crippen molar-refractivity contribution in [3.05, 3.63) is 42.0 Å². The molecule has 18 heavy (non-hydrogen) atoms. The lowest BCUT2D eigenvalue weighted by atomic mass is 10.2. The Kier molecular flexibility index (Phi) is 5.72. The molecule has 1 fully saturated rings. The maximum Gasteiger partial charge on any atom is 0.0351 e. The van der Waals surface area contributed by atoms with Gasteiger partial charge in [0.05, 0.1) is 0 Å². The molecule has 1 aliphatic rings. The lowest BCUT2D eigenvalue weighted by molar-refractivity contribution is 0.149. The van der Waals surface area contributed by atoms with E-state index in [1.165, 1.54) is 5.56 Å². The first kappa shape index (κ1) is 13.6. The van der Waals surface area contributed by atoms with Gasteiger partial charge in [0, 0.05) is 45.1 Å². The van der Waals surface area contributed by atoms with Gasteiger partial charge >= 0.3 is 0 Å². The van der Waals surface area contributed by atoms with Crippen molar-refractivity contribution < 1.29 is 0 Å². The Morgan fingerprint density at radius 1 is 1.00 bits per heavy atom. The maximum atomic E-state index is 5.76. The number of alkyl halides is 1. The zero-order valence-corrected chi connectivity index (χ0v) is 11.5. The minimum absolute atomic E-state index is 0.744. The summed E-state index contributed by atoms with van der Waals surface area (Å²) in [5.74, 6) is 0.744. The van der Waals surface area contributed by atoms with E-state index in [2.05, 4.69) is 46.2 Å². The number of nitrogens with zero attached hydrogens (tertiary/aromatic N) is 2. The van der Waals surface area contributed by atoms with Gasteiger partial charge in [0.2, 0.25) is 0 Å². The summed E-state index contributed by atoms with van der Waals surface area (Å²) in [6, 6.07) is 10.5. The predicted octanol–water partition coefficient (Wildman–Crippen LogP) is 2.56. The SMILES string of the molecule is ClCCN1CCN(CC=Cc2ccccc2)CC1. The molecule has 1 saturated heterocycles. The largest absolute Gasteiger partial charge is 0.300 e. The molecule has 0 aliphatic carbocycles. The van der Waals surface area contributed by atoms with Crippen LogP contribution in [0, 0.1) is 0 Å². The van der Waals surface area contributed by atoms with Crippen LogP contribution in [-0.4, -0.2) is 54.9 Å². The fraction of sp³-hybridized carbons (Fsp3) is 0.467. The number of hydrogen-bond acceptors (Lipinski definition) is 2. The van der Waals surface area contributed by atoms with Gasteiger partial charge in [-0.05, 0) is 5.56 Å². The molecule has 0 unspecified atom stereocenters. The number of rotatable bonds is 5. The van der Waals surface area contributed by atoms with E-state index in [0.29, 0.717) is 0 Å². The lowest BCUT2D eigenvalue weighted by Gasteiger charge is -2.33. The van der Waals surface area contributed by atoms with Crippen molar-refractivity contribution in [2.75, 3.05) is 45.1 Å². The van der Waals surface area contributed by atoms with Gasteiger partial charge in [0.15, 0.2) is 0 Å². The van der Waals surface area contributed by atoms with Gasteiger partial charge in [-0.25, -0.2) is 0 Å². The van der Waals surface area contributed by atoms with Crippen LogP contribution in [0.3, 0.4) is 0 Å². The first-order valence-corrected chi connectivity index (χ1v) is 7.14. The van der Waals surface area contributed by atoms with Crippen LogP contribution in [0.4, 0.5) is 0 Å². The topological polar surface area (TPSA) is 6.48 Å². The lowest BCUT2D eigenvalue weighted by Crippen LogP contribution is -2.46. The molecule has 2 rings (SSSR count). The smallest absolute Gasteiger partial charge is 0.0351 e. The third-order valence-corrected chi connectivity index (χ3v) is 3.51. The molecule has 0 spiro atoms. The minimum atomic E-state index is 0.744. The molecule has 1 aliphatic heterocycles. The molecule has 1 heterocycles. The molecule has 1 aromatic rings. The maximum absolute atomic E-state index is 5.76. The number of hydrogen-bond donors (Lipinski definition) is 0. The molecule has 98 valence electrons. The Labute approximate surface area is 115 Å². The second-order valence-corrected chi connectivity index (χ2v) is 5.02. The molecule has 0 aromatic heterocycles. The Balaban J connectivity index is 1.71. The Hall–Kier alpha value is -0.830. The third kappa shape index (κ3) is 4.45. The van der Waals surface area contributed by atoms with E-state index in [1.54, 1.807) is 0 Å². The van der Waals surface area contributed by atoms with Gasteiger partial charge in [-0.2, -0.15) is 0 Å². The van der Waals surface area contributed by atoms with Crippen molar-refractivity contribution in [1.29, 1.82) is 0 Å². The third-order valence-electron chi connectivity index (χ3n) is 3.34. The summed E-state index contributed by atoms with van der Waals surface area (Å²) in [5, 5.41) is 0. The zero-order valence-electron chi connectivity index (χ0n) is 10.8.